The van der Waals surface area contributed by atoms with Crippen molar-refractivity contribution < 1.29 is 4.79 Å². The van der Waals surface area contributed by atoms with E-state index in [0.717, 1.165) is 32.5 Å². The number of nitrogens with two attached hydrogens (primary N) is 1. The Labute approximate surface area is 139 Å². The van der Waals surface area contributed by atoms with E-state index in [1.165, 1.54) is 5.56 Å². The molecule has 0 saturated carbocycles. The van der Waals surface area contributed by atoms with Crippen molar-refractivity contribution in [2.45, 2.75) is 45.7 Å². The number of likely N-dealkylation sites (tertiary alicyclic amines) is 1. The molecule has 0 aliphatic carbocycles. The lowest BCUT2D eigenvalue weighted by Gasteiger charge is -2.32. The maximum absolute atomic E-state index is 11.9. The SMILES string of the molecule is Cc1cnn(CC2CCN(C(=O)CC(C)N)CC2)c1.Cl.Cl. The molecule has 122 valence electrons. The predicted molar refractivity (Wildman–Crippen MR) is 89.0 cm³/mol. The molecule has 1 saturated heterocycles. The molecular weight excluding hydrogens is 311 g/mol. The molecule has 1 aromatic heterocycles. The zero-order valence-corrected chi connectivity index (χ0v) is 14.3. The highest BCUT2D eigenvalue weighted by atomic mass is 35.5. The van der Waals surface area contributed by atoms with Gasteiger partial charge >= 0.3 is 0 Å². The second-order valence-corrected chi connectivity index (χ2v) is 5.75. The summed E-state index contributed by atoms with van der Waals surface area (Å²) in [4.78, 5) is 13.9. The first-order valence-electron chi connectivity index (χ1n) is 7.07. The van der Waals surface area contributed by atoms with E-state index in [1.54, 1.807) is 0 Å². The lowest BCUT2D eigenvalue weighted by molar-refractivity contribution is -0.132. The molecule has 1 amide bonds. The minimum atomic E-state index is -0.0442. The van der Waals surface area contributed by atoms with Crippen LogP contribution in [0.25, 0.3) is 0 Å². The van der Waals surface area contributed by atoms with Crippen LogP contribution in [-0.2, 0) is 11.3 Å². The molecule has 1 atom stereocenters. The van der Waals surface area contributed by atoms with E-state index in [9.17, 15) is 4.79 Å². The van der Waals surface area contributed by atoms with Gasteiger partial charge in [0.1, 0.15) is 0 Å². The summed E-state index contributed by atoms with van der Waals surface area (Å²) < 4.78 is 2.01. The van der Waals surface area contributed by atoms with Gasteiger partial charge in [-0.1, -0.05) is 0 Å². The standard InChI is InChI=1S/C14H24N4O.2ClH/c1-11-8-16-18(9-11)10-13-3-5-17(6-4-13)14(19)7-12(2)15;;/h8-9,12-13H,3-7,10,15H2,1-2H3;2*1H. The molecule has 0 spiro atoms. The molecule has 7 heteroatoms. The Balaban J connectivity index is 0.00000200. The van der Waals surface area contributed by atoms with E-state index in [-0.39, 0.29) is 36.8 Å². The molecule has 0 bridgehead atoms. The summed E-state index contributed by atoms with van der Waals surface area (Å²) in [6.45, 7) is 6.61. The molecule has 1 aliphatic rings. The Bertz CT molecular complexity index is 428. The number of nitrogens with zero attached hydrogens (tertiary/aromatic N) is 3. The summed E-state index contributed by atoms with van der Waals surface area (Å²) in [5.74, 6) is 0.821. The van der Waals surface area contributed by atoms with Gasteiger partial charge in [0.2, 0.25) is 5.91 Å². The first-order valence-corrected chi connectivity index (χ1v) is 7.07. The first kappa shape index (κ1) is 20.2. The van der Waals surface area contributed by atoms with Gasteiger partial charge in [-0.05, 0) is 38.2 Å². The number of hydrogen-bond donors (Lipinski definition) is 1. The van der Waals surface area contributed by atoms with E-state index >= 15 is 0 Å². The largest absolute Gasteiger partial charge is 0.343 e. The maximum atomic E-state index is 11.9. The predicted octanol–water partition coefficient (Wildman–Crippen LogP) is 2.01. The summed E-state index contributed by atoms with van der Waals surface area (Å²) >= 11 is 0. The average molecular weight is 337 g/mol. The summed E-state index contributed by atoms with van der Waals surface area (Å²) in [7, 11) is 0. The van der Waals surface area contributed by atoms with Crippen LogP contribution in [0.5, 0.6) is 0 Å². The summed E-state index contributed by atoms with van der Waals surface area (Å²) in [6.07, 6.45) is 6.55. The van der Waals surface area contributed by atoms with Gasteiger partial charge in [0, 0.05) is 38.3 Å². The van der Waals surface area contributed by atoms with Crippen molar-refractivity contribution in [1.29, 1.82) is 0 Å². The Morgan fingerprint density at radius 1 is 1.43 bits per heavy atom. The summed E-state index contributed by atoms with van der Waals surface area (Å²) in [6, 6.07) is -0.0442. The molecule has 2 rings (SSSR count). The number of piperidine rings is 1. The van der Waals surface area contributed by atoms with Crippen LogP contribution in [0.4, 0.5) is 0 Å². The molecule has 1 aliphatic heterocycles. The second kappa shape index (κ2) is 9.28. The van der Waals surface area contributed by atoms with E-state index in [2.05, 4.69) is 18.2 Å². The number of hydrogen-bond acceptors (Lipinski definition) is 3. The van der Waals surface area contributed by atoms with E-state index in [1.807, 2.05) is 22.7 Å². The van der Waals surface area contributed by atoms with Crippen LogP contribution < -0.4 is 5.73 Å². The fraction of sp³-hybridized carbons (Fsp3) is 0.714. The Hall–Kier alpha value is -0.780. The van der Waals surface area contributed by atoms with E-state index < -0.39 is 0 Å². The zero-order chi connectivity index (χ0) is 13.8. The third-order valence-electron chi connectivity index (χ3n) is 3.67. The fourth-order valence-electron chi connectivity index (χ4n) is 2.60. The van der Waals surface area contributed by atoms with Gasteiger partial charge in [-0.2, -0.15) is 5.10 Å². The molecule has 0 aromatic carbocycles. The van der Waals surface area contributed by atoms with Crippen molar-refractivity contribution in [3.05, 3.63) is 18.0 Å². The maximum Gasteiger partial charge on any atom is 0.224 e. The Morgan fingerprint density at radius 2 is 2.05 bits per heavy atom. The number of carbonyl (C=O) groups excluding carboxylic acids is 1. The van der Waals surface area contributed by atoms with Gasteiger partial charge in [-0.15, -0.1) is 24.8 Å². The molecule has 0 radical (unpaired) electrons. The minimum absolute atomic E-state index is 0. The van der Waals surface area contributed by atoms with Gasteiger partial charge in [0.25, 0.3) is 0 Å². The van der Waals surface area contributed by atoms with Crippen LogP contribution in [0.1, 0.15) is 31.7 Å². The van der Waals surface area contributed by atoms with Crippen molar-refractivity contribution in [3.8, 4) is 0 Å². The van der Waals surface area contributed by atoms with Crippen LogP contribution in [0.3, 0.4) is 0 Å². The van der Waals surface area contributed by atoms with Crippen molar-refractivity contribution in [1.82, 2.24) is 14.7 Å². The molecule has 1 fully saturated rings. The van der Waals surface area contributed by atoms with Crippen LogP contribution in [0.15, 0.2) is 12.4 Å². The quantitative estimate of drug-likeness (QED) is 0.914. The lowest BCUT2D eigenvalue weighted by Crippen LogP contribution is -2.41. The highest BCUT2D eigenvalue weighted by molar-refractivity contribution is 5.85. The number of rotatable bonds is 4. The molecule has 1 aromatic rings. The van der Waals surface area contributed by atoms with E-state index in [4.69, 9.17) is 5.73 Å². The number of aromatic nitrogens is 2. The number of amides is 1. The topological polar surface area (TPSA) is 64.2 Å². The van der Waals surface area contributed by atoms with Gasteiger partial charge in [-0.3, -0.25) is 9.48 Å². The van der Waals surface area contributed by atoms with Gasteiger partial charge in [0.15, 0.2) is 0 Å². The van der Waals surface area contributed by atoms with Crippen molar-refractivity contribution in [2.75, 3.05) is 13.1 Å². The highest BCUT2D eigenvalue weighted by Crippen LogP contribution is 2.19. The first-order chi connectivity index (χ1) is 9.04. The van der Waals surface area contributed by atoms with Crippen molar-refractivity contribution in [2.24, 2.45) is 11.7 Å². The number of carbonyl (C=O) groups is 1. The van der Waals surface area contributed by atoms with Crippen LogP contribution in [0.2, 0.25) is 0 Å². The smallest absolute Gasteiger partial charge is 0.224 e. The van der Waals surface area contributed by atoms with Crippen LogP contribution in [0, 0.1) is 12.8 Å². The molecule has 2 N–H and O–H groups in total. The molecule has 5 nitrogen and oxygen atoms in total. The summed E-state index contributed by atoms with van der Waals surface area (Å²) in [5, 5.41) is 4.32. The minimum Gasteiger partial charge on any atom is -0.343 e. The second-order valence-electron chi connectivity index (χ2n) is 5.75. The molecular formula is C14H26Cl2N4O. The third kappa shape index (κ3) is 6.24. The Kier molecular flexibility index (Phi) is 8.94. The van der Waals surface area contributed by atoms with Crippen molar-refractivity contribution in [3.63, 3.8) is 0 Å². The lowest BCUT2D eigenvalue weighted by atomic mass is 9.96. The number of aryl methyl sites for hydroxylation is 1. The normalized spacial score (nSPS) is 16.8. The zero-order valence-electron chi connectivity index (χ0n) is 12.7. The monoisotopic (exact) mass is 336 g/mol. The summed E-state index contributed by atoms with van der Waals surface area (Å²) in [5.41, 5.74) is 6.87. The number of halogens is 2. The third-order valence-corrected chi connectivity index (χ3v) is 3.67. The average Bonchev–Trinajstić information content (AvgIpc) is 2.75. The van der Waals surface area contributed by atoms with Gasteiger partial charge in [-0.25, -0.2) is 0 Å². The molecule has 21 heavy (non-hydrogen) atoms. The van der Waals surface area contributed by atoms with Gasteiger partial charge in [0.05, 0.1) is 6.20 Å². The van der Waals surface area contributed by atoms with E-state index in [0.29, 0.717) is 12.3 Å². The molecule has 2 heterocycles. The van der Waals surface area contributed by atoms with Crippen LogP contribution in [-0.4, -0.2) is 39.7 Å². The van der Waals surface area contributed by atoms with Gasteiger partial charge < -0.3 is 10.6 Å². The van der Waals surface area contributed by atoms with Crippen LogP contribution >= 0.6 is 24.8 Å². The molecule has 1 unspecified atom stereocenters. The fourth-order valence-corrected chi connectivity index (χ4v) is 2.60. The van der Waals surface area contributed by atoms with Crippen molar-refractivity contribution >= 4 is 30.7 Å². The Morgan fingerprint density at radius 3 is 2.52 bits per heavy atom. The highest BCUT2D eigenvalue weighted by Gasteiger charge is 2.23.